The van der Waals surface area contributed by atoms with Crippen LogP contribution in [0.15, 0.2) is 84.0 Å². The Kier molecular flexibility index (Phi) is 6.59. The number of ether oxygens (including phenoxy) is 1. The number of halogens is 1. The van der Waals surface area contributed by atoms with E-state index in [0.717, 1.165) is 39.7 Å². The number of methoxy groups -OCH3 is 1. The Hall–Kier alpha value is -3.86. The molecule has 3 aromatic carbocycles. The molecule has 0 saturated heterocycles. The van der Waals surface area contributed by atoms with Gasteiger partial charge in [0.15, 0.2) is 0 Å². The second kappa shape index (κ2) is 9.74. The van der Waals surface area contributed by atoms with E-state index in [4.69, 9.17) is 9.57 Å². The molecule has 1 aromatic heterocycles. The molecule has 0 atom stereocenters. The maximum Gasteiger partial charge on any atom is 0.145 e. The first-order valence-electron chi connectivity index (χ1n) is 10.8. The second-order valence-corrected chi connectivity index (χ2v) is 7.97. The second-order valence-electron chi connectivity index (χ2n) is 7.97. The Morgan fingerprint density at radius 3 is 2.42 bits per heavy atom. The Morgan fingerprint density at radius 2 is 1.70 bits per heavy atom. The van der Waals surface area contributed by atoms with Crippen molar-refractivity contribution >= 4 is 5.71 Å². The minimum Gasteiger partial charge on any atom is -0.497 e. The number of hydrogen-bond acceptors (Lipinski definition) is 3. The molecule has 5 heteroatoms. The zero-order valence-electron chi connectivity index (χ0n) is 19.3. The lowest BCUT2D eigenvalue weighted by Crippen LogP contribution is -2.03. The van der Waals surface area contributed by atoms with Gasteiger partial charge >= 0.3 is 0 Å². The molecule has 168 valence electrons. The molecule has 1 heterocycles. The lowest BCUT2D eigenvalue weighted by molar-refractivity contribution is 0.128. The van der Waals surface area contributed by atoms with Gasteiger partial charge in [-0.2, -0.15) is 0 Å². The van der Waals surface area contributed by atoms with Gasteiger partial charge in [-0.15, -0.1) is 0 Å². The summed E-state index contributed by atoms with van der Waals surface area (Å²) in [5.74, 6) is 0.495. The van der Waals surface area contributed by atoms with Crippen LogP contribution in [0, 0.1) is 19.7 Å². The van der Waals surface area contributed by atoms with Crippen LogP contribution < -0.4 is 4.74 Å². The molecule has 0 bridgehead atoms. The van der Waals surface area contributed by atoms with Crippen molar-refractivity contribution in [2.45, 2.75) is 27.4 Å². The van der Waals surface area contributed by atoms with Crippen LogP contribution in [-0.4, -0.2) is 17.4 Å². The zero-order chi connectivity index (χ0) is 23.4. The van der Waals surface area contributed by atoms with Crippen LogP contribution in [0.25, 0.3) is 16.9 Å². The van der Waals surface area contributed by atoms with Gasteiger partial charge in [0, 0.05) is 28.1 Å². The highest BCUT2D eigenvalue weighted by Crippen LogP contribution is 2.32. The summed E-state index contributed by atoms with van der Waals surface area (Å²) < 4.78 is 21.5. The Bertz CT molecular complexity index is 1290. The minimum absolute atomic E-state index is 0.0739. The molecule has 0 fully saturated rings. The number of nitrogens with zero attached hydrogens (tertiary/aromatic N) is 2. The molecule has 0 spiro atoms. The topological polar surface area (TPSA) is 35.8 Å². The Labute approximate surface area is 193 Å². The van der Waals surface area contributed by atoms with Gasteiger partial charge in [0.05, 0.1) is 18.5 Å². The van der Waals surface area contributed by atoms with Gasteiger partial charge in [0.1, 0.15) is 18.2 Å². The van der Waals surface area contributed by atoms with E-state index in [2.05, 4.69) is 60.0 Å². The predicted octanol–water partition coefficient (Wildman–Crippen LogP) is 6.85. The van der Waals surface area contributed by atoms with E-state index in [1.54, 1.807) is 25.3 Å². The molecule has 0 unspecified atom stereocenters. The first-order chi connectivity index (χ1) is 16.0. The maximum atomic E-state index is 13.9. The summed E-state index contributed by atoms with van der Waals surface area (Å²) in [5.41, 5.74) is 7.50. The van der Waals surface area contributed by atoms with E-state index in [1.807, 2.05) is 25.1 Å². The van der Waals surface area contributed by atoms with E-state index in [1.165, 1.54) is 11.6 Å². The number of hydrogen-bond donors (Lipinski definition) is 0. The Balaban J connectivity index is 1.74. The SMILES string of the molecule is COc1cccc(-c2cc(/C(C)=N\OCc3ccccc3F)c(C)n2-c2ccc(C)cc2)c1. The molecule has 4 nitrogen and oxygen atoms in total. The van der Waals surface area contributed by atoms with Crippen LogP contribution in [-0.2, 0) is 11.4 Å². The van der Waals surface area contributed by atoms with Gasteiger partial charge in [0.2, 0.25) is 0 Å². The first kappa shape index (κ1) is 22.3. The lowest BCUT2D eigenvalue weighted by atomic mass is 10.1. The molecule has 4 rings (SSSR count). The van der Waals surface area contributed by atoms with Crippen LogP contribution in [0.1, 0.15) is 29.3 Å². The molecular weight excluding hydrogens is 415 g/mol. The molecule has 0 N–H and O–H groups in total. The van der Waals surface area contributed by atoms with Gasteiger partial charge in [-0.05, 0) is 57.2 Å². The van der Waals surface area contributed by atoms with Gasteiger partial charge < -0.3 is 14.1 Å². The molecule has 0 aliphatic rings. The average molecular weight is 443 g/mol. The highest BCUT2D eigenvalue weighted by atomic mass is 19.1. The number of oxime groups is 1. The lowest BCUT2D eigenvalue weighted by Gasteiger charge is -2.13. The summed E-state index contributed by atoms with van der Waals surface area (Å²) in [6.45, 7) is 6.11. The van der Waals surface area contributed by atoms with Crippen molar-refractivity contribution in [1.82, 2.24) is 4.57 Å². The summed E-state index contributed by atoms with van der Waals surface area (Å²) in [5, 5.41) is 4.29. The molecule has 0 aliphatic heterocycles. The fourth-order valence-corrected chi connectivity index (χ4v) is 3.86. The fraction of sp³-hybridized carbons (Fsp3) is 0.179. The molecule has 0 amide bonds. The summed E-state index contributed by atoms with van der Waals surface area (Å²) in [7, 11) is 1.67. The largest absolute Gasteiger partial charge is 0.497 e. The third-order valence-electron chi connectivity index (χ3n) is 5.67. The molecule has 0 radical (unpaired) electrons. The smallest absolute Gasteiger partial charge is 0.145 e. The average Bonchev–Trinajstić information content (AvgIpc) is 3.18. The van der Waals surface area contributed by atoms with E-state index in [9.17, 15) is 4.39 Å². The highest BCUT2D eigenvalue weighted by molar-refractivity contribution is 6.01. The molecular formula is C28H27FN2O2. The van der Waals surface area contributed by atoms with Crippen LogP contribution in [0.4, 0.5) is 4.39 Å². The van der Waals surface area contributed by atoms with Crippen molar-refractivity contribution in [3.8, 4) is 22.7 Å². The van der Waals surface area contributed by atoms with E-state index in [0.29, 0.717) is 5.56 Å². The molecule has 0 aliphatic carbocycles. The van der Waals surface area contributed by atoms with Gasteiger partial charge in [0.25, 0.3) is 0 Å². The van der Waals surface area contributed by atoms with Crippen molar-refractivity contribution in [3.05, 3.63) is 107 Å². The third kappa shape index (κ3) is 4.82. The van der Waals surface area contributed by atoms with Gasteiger partial charge in [-0.3, -0.25) is 0 Å². The van der Waals surface area contributed by atoms with Gasteiger partial charge in [-0.1, -0.05) is 53.2 Å². The van der Waals surface area contributed by atoms with Crippen LogP contribution in [0.3, 0.4) is 0 Å². The van der Waals surface area contributed by atoms with Crippen molar-refractivity contribution in [2.75, 3.05) is 7.11 Å². The highest BCUT2D eigenvalue weighted by Gasteiger charge is 2.17. The number of aromatic nitrogens is 1. The van der Waals surface area contributed by atoms with Crippen molar-refractivity contribution in [3.63, 3.8) is 0 Å². The number of benzene rings is 3. The normalized spacial score (nSPS) is 11.5. The third-order valence-corrected chi connectivity index (χ3v) is 5.67. The summed E-state index contributed by atoms with van der Waals surface area (Å²) in [6.07, 6.45) is 0. The summed E-state index contributed by atoms with van der Waals surface area (Å²) in [6, 6.07) is 25.1. The number of aryl methyl sites for hydroxylation is 1. The minimum atomic E-state index is -0.299. The molecule has 33 heavy (non-hydrogen) atoms. The molecule has 0 saturated carbocycles. The first-order valence-corrected chi connectivity index (χ1v) is 10.8. The van der Waals surface area contributed by atoms with E-state index >= 15 is 0 Å². The van der Waals surface area contributed by atoms with Crippen LogP contribution in [0.5, 0.6) is 5.75 Å². The number of rotatable bonds is 7. The summed E-state index contributed by atoms with van der Waals surface area (Å²) in [4.78, 5) is 5.50. The summed E-state index contributed by atoms with van der Waals surface area (Å²) >= 11 is 0. The quantitative estimate of drug-likeness (QED) is 0.232. The van der Waals surface area contributed by atoms with Crippen molar-refractivity contribution < 1.29 is 14.0 Å². The predicted molar refractivity (Wildman–Crippen MR) is 131 cm³/mol. The van der Waals surface area contributed by atoms with Crippen molar-refractivity contribution in [2.24, 2.45) is 5.16 Å². The zero-order valence-corrected chi connectivity index (χ0v) is 19.3. The maximum absolute atomic E-state index is 13.9. The van der Waals surface area contributed by atoms with Gasteiger partial charge in [-0.25, -0.2) is 4.39 Å². The fourth-order valence-electron chi connectivity index (χ4n) is 3.86. The van der Waals surface area contributed by atoms with Crippen molar-refractivity contribution in [1.29, 1.82) is 0 Å². The monoisotopic (exact) mass is 442 g/mol. The van der Waals surface area contributed by atoms with E-state index in [-0.39, 0.29) is 12.4 Å². The Morgan fingerprint density at radius 1 is 0.939 bits per heavy atom. The van der Waals surface area contributed by atoms with Crippen LogP contribution in [0.2, 0.25) is 0 Å². The van der Waals surface area contributed by atoms with E-state index < -0.39 is 0 Å². The molecule has 4 aromatic rings. The standard InChI is InChI=1S/C28H27FN2O2/c1-19-12-14-24(15-13-19)31-21(3)26(17-28(31)22-9-7-10-25(16-22)32-4)20(2)30-33-18-23-8-5-6-11-27(23)29/h5-17H,18H2,1-4H3/b30-20-. The van der Waals surface area contributed by atoms with Crippen LogP contribution >= 0.6 is 0 Å².